The normalized spacial score (nSPS) is 11.0. The number of hydrogen-bond donors (Lipinski definition) is 4. The van der Waals surface area contributed by atoms with Gasteiger partial charge in [0, 0.05) is 0 Å². The number of nitrogens with zero attached hydrogens (tertiary/aromatic N) is 1. The van der Waals surface area contributed by atoms with Crippen LogP contribution in [0.2, 0.25) is 0 Å². The number of nitrogen functional groups attached to an aromatic ring is 2. The van der Waals surface area contributed by atoms with Crippen LogP contribution in [-0.2, 0) is 8.53 Å². The molecule has 0 bridgehead atoms. The summed E-state index contributed by atoms with van der Waals surface area (Å²) in [5, 5.41) is 6.77. The van der Waals surface area contributed by atoms with Crippen molar-refractivity contribution in [3.05, 3.63) is 54.4 Å². The molecule has 3 aromatic rings. The topological polar surface area (TPSA) is 114 Å². The zero-order valence-electron chi connectivity index (χ0n) is 14.9. The van der Waals surface area contributed by atoms with Gasteiger partial charge in [0.1, 0.15) is 0 Å². The Balaban J connectivity index is 0.000000230. The molecule has 12 heteroatoms. The number of alkyl halides is 6. The third-order valence-electron chi connectivity index (χ3n) is 3.12. The van der Waals surface area contributed by atoms with Crippen LogP contribution in [0.3, 0.4) is 0 Å². The van der Waals surface area contributed by atoms with Gasteiger partial charge in [-0.3, -0.25) is 5.41 Å². The summed E-state index contributed by atoms with van der Waals surface area (Å²) in [5.41, 5.74) is 13.7. The fourth-order valence-electron chi connectivity index (χ4n) is 1.71. The zero-order chi connectivity index (χ0) is 22.2. The smallest absolute Gasteiger partial charge is 0.265 e. The molecular weight excluding hydrogens is 503 g/mol. The maximum Gasteiger partial charge on any atom is 0.265 e. The van der Waals surface area contributed by atoms with Crippen LogP contribution in [0.4, 0.5) is 11.4 Å². The molecule has 29 heavy (non-hydrogen) atoms. The predicted molar refractivity (Wildman–Crippen MR) is 126 cm³/mol. The molecule has 0 aliphatic heterocycles. The van der Waals surface area contributed by atoms with E-state index in [-0.39, 0.29) is 5.90 Å². The van der Waals surface area contributed by atoms with Crippen LogP contribution in [0, 0.1) is 5.41 Å². The Hall–Kier alpha value is -1.28. The van der Waals surface area contributed by atoms with E-state index in [0.29, 0.717) is 17.2 Å². The quantitative estimate of drug-likeness (QED) is 0.122. The molecule has 3 rings (SSSR count). The summed E-state index contributed by atoms with van der Waals surface area (Å²) in [4.78, 5) is 7.06. The van der Waals surface area contributed by atoms with E-state index < -0.39 is 7.59 Å². The van der Waals surface area contributed by atoms with Crippen molar-refractivity contribution < 1.29 is 4.74 Å². The van der Waals surface area contributed by atoms with Gasteiger partial charge in [-0.15, -0.1) is 0 Å². The molecule has 2 aromatic carbocycles. The largest absolute Gasteiger partial charge is 0.481 e. The summed E-state index contributed by atoms with van der Waals surface area (Å²) in [5.74, 6) is -0.0267. The molecule has 1 aromatic heterocycles. The summed E-state index contributed by atoms with van der Waals surface area (Å²) in [6.45, 7) is 0. The van der Waals surface area contributed by atoms with Crippen molar-refractivity contribution >= 4 is 97.9 Å². The number of aromatic amines is 1. The Bertz CT molecular complexity index is 882. The Kier molecular flexibility index (Phi) is 9.95. The molecule has 1 heterocycles. The number of fused-ring (bicyclic) bond motifs is 1. The number of halogens is 6. The summed E-state index contributed by atoms with van der Waals surface area (Å²) in [7, 11) is 1.27. The van der Waals surface area contributed by atoms with Crippen molar-refractivity contribution in [2.24, 2.45) is 0 Å². The number of aromatic nitrogens is 2. The molecule has 0 saturated heterocycles. The van der Waals surface area contributed by atoms with Crippen LogP contribution in [0.15, 0.2) is 48.5 Å². The van der Waals surface area contributed by atoms with E-state index in [0.717, 1.165) is 11.0 Å². The van der Waals surface area contributed by atoms with Crippen LogP contribution < -0.4 is 11.5 Å². The monoisotopic (exact) mass is 517 g/mol. The fraction of sp³-hybridized carbons (Fsp3) is 0.176. The maximum absolute atomic E-state index is 6.77. The van der Waals surface area contributed by atoms with Crippen molar-refractivity contribution in [2.45, 2.75) is 7.59 Å². The Morgan fingerprint density at radius 3 is 1.76 bits per heavy atom. The number of anilines is 2. The molecule has 158 valence electrons. The lowest BCUT2D eigenvalue weighted by atomic mass is 10.3. The first-order valence-corrected chi connectivity index (χ1v) is 9.94. The maximum atomic E-state index is 6.77. The number of nitrogens with one attached hydrogen (secondary N) is 2. The summed E-state index contributed by atoms with van der Waals surface area (Å²) in [6.07, 6.45) is 0. The van der Waals surface area contributed by atoms with Gasteiger partial charge in [-0.05, 0) is 24.3 Å². The molecule has 0 spiro atoms. The standard InChI is InChI=1S/C8H5Cl3N2.C6H8N2.C3H4Cl3NO/c9-8(10,11)7-12-5-3-1-2-4-6(5)13-7;7-5-3-1-2-4-6(5)8;1-8-2(7)3(4,5)6/h1-4H,(H,12,13);1-4H,7-8H2;7H,1H3. The van der Waals surface area contributed by atoms with Gasteiger partial charge in [0.15, 0.2) is 5.82 Å². The number of para-hydroxylation sites is 4. The predicted octanol–water partition coefficient (Wildman–Crippen LogP) is 6.22. The molecular formula is C17H17Cl6N5O. The molecule has 0 radical (unpaired) electrons. The third-order valence-corrected chi connectivity index (χ3v) is 4.17. The number of H-pyrrole nitrogens is 1. The van der Waals surface area contributed by atoms with Gasteiger partial charge < -0.3 is 21.2 Å². The number of imidazole rings is 1. The molecule has 6 N–H and O–H groups in total. The van der Waals surface area contributed by atoms with Crippen LogP contribution in [-0.4, -0.2) is 26.8 Å². The Morgan fingerprint density at radius 1 is 0.931 bits per heavy atom. The Morgan fingerprint density at radius 2 is 1.41 bits per heavy atom. The molecule has 0 aliphatic carbocycles. The molecule has 0 fully saturated rings. The summed E-state index contributed by atoms with van der Waals surface area (Å²) in [6, 6.07) is 14.8. The lowest BCUT2D eigenvalue weighted by Gasteiger charge is -2.08. The van der Waals surface area contributed by atoms with Gasteiger partial charge in [-0.25, -0.2) is 4.98 Å². The van der Waals surface area contributed by atoms with Crippen LogP contribution >= 0.6 is 69.6 Å². The molecule has 0 amide bonds. The average molecular weight is 520 g/mol. The van der Waals surface area contributed by atoms with Crippen LogP contribution in [0.25, 0.3) is 11.0 Å². The second-order valence-electron chi connectivity index (χ2n) is 5.26. The molecule has 6 nitrogen and oxygen atoms in total. The zero-order valence-corrected chi connectivity index (χ0v) is 19.4. The highest BCUT2D eigenvalue weighted by atomic mass is 35.6. The second-order valence-corrected chi connectivity index (χ2v) is 9.82. The van der Waals surface area contributed by atoms with E-state index in [1.165, 1.54) is 7.11 Å². The lowest BCUT2D eigenvalue weighted by molar-refractivity contribution is 0.391. The number of methoxy groups -OCH3 is 1. The average Bonchev–Trinajstić information content (AvgIpc) is 3.08. The van der Waals surface area contributed by atoms with E-state index in [9.17, 15) is 0 Å². The van der Waals surface area contributed by atoms with E-state index in [4.69, 9.17) is 86.5 Å². The second kappa shape index (κ2) is 11.2. The molecule has 0 aliphatic rings. The van der Waals surface area contributed by atoms with Gasteiger partial charge in [0.25, 0.3) is 3.79 Å². The van der Waals surface area contributed by atoms with Crippen molar-refractivity contribution in [3.63, 3.8) is 0 Å². The summed E-state index contributed by atoms with van der Waals surface area (Å²) < 4.78 is 1.10. The van der Waals surface area contributed by atoms with E-state index in [1.54, 1.807) is 12.1 Å². The van der Waals surface area contributed by atoms with E-state index >= 15 is 0 Å². The van der Waals surface area contributed by atoms with Gasteiger partial charge in [0.2, 0.25) is 9.69 Å². The number of nitrogens with two attached hydrogens (primary N) is 2. The number of hydrogen-bond acceptors (Lipinski definition) is 5. The number of ether oxygens (including phenoxy) is 1. The van der Waals surface area contributed by atoms with Crippen molar-refractivity contribution in [1.82, 2.24) is 9.97 Å². The van der Waals surface area contributed by atoms with Gasteiger partial charge in [-0.2, -0.15) is 0 Å². The minimum absolute atomic E-state index is 0.346. The summed E-state index contributed by atoms with van der Waals surface area (Å²) >= 11 is 32.5. The number of rotatable bonds is 0. The van der Waals surface area contributed by atoms with Crippen molar-refractivity contribution in [2.75, 3.05) is 18.6 Å². The molecule has 0 unspecified atom stereocenters. The Labute approximate surface area is 197 Å². The van der Waals surface area contributed by atoms with E-state index in [1.807, 2.05) is 36.4 Å². The van der Waals surface area contributed by atoms with Crippen LogP contribution in [0.1, 0.15) is 5.82 Å². The van der Waals surface area contributed by atoms with Gasteiger partial charge in [-0.1, -0.05) is 93.9 Å². The van der Waals surface area contributed by atoms with Gasteiger partial charge >= 0.3 is 0 Å². The first kappa shape index (κ1) is 25.8. The lowest BCUT2D eigenvalue weighted by Crippen LogP contribution is -2.18. The molecule has 0 atom stereocenters. The minimum atomic E-state index is -1.71. The fourth-order valence-corrected chi connectivity index (χ4v) is 2.21. The highest BCUT2D eigenvalue weighted by Crippen LogP contribution is 2.36. The third kappa shape index (κ3) is 8.95. The van der Waals surface area contributed by atoms with Gasteiger partial charge in [0.05, 0.1) is 29.5 Å². The van der Waals surface area contributed by atoms with Crippen molar-refractivity contribution in [3.8, 4) is 0 Å². The highest BCUT2D eigenvalue weighted by molar-refractivity contribution is 6.76. The van der Waals surface area contributed by atoms with E-state index in [2.05, 4.69) is 14.7 Å². The SMILES string of the molecule is COC(=N)C(Cl)(Cl)Cl.ClC(Cl)(Cl)c1nc2ccccc2[nH]1.Nc1ccccc1N. The van der Waals surface area contributed by atoms with Crippen LogP contribution in [0.5, 0.6) is 0 Å². The highest BCUT2D eigenvalue weighted by Gasteiger charge is 2.27. The number of benzene rings is 2. The molecule has 0 saturated carbocycles. The first-order chi connectivity index (χ1) is 13.4. The minimum Gasteiger partial charge on any atom is -0.481 e. The first-order valence-electron chi connectivity index (χ1n) is 7.68. The van der Waals surface area contributed by atoms with Crippen molar-refractivity contribution in [1.29, 1.82) is 5.41 Å².